The van der Waals surface area contributed by atoms with E-state index in [1.807, 2.05) is 11.8 Å². The molecule has 0 amide bonds. The Bertz CT molecular complexity index is 244. The molecule has 3 heteroatoms. The van der Waals surface area contributed by atoms with Crippen LogP contribution in [0, 0.1) is 0 Å². The van der Waals surface area contributed by atoms with Crippen molar-refractivity contribution in [3.8, 4) is 0 Å². The number of hydrogen-bond donors (Lipinski definition) is 0. The lowest BCUT2D eigenvalue weighted by atomic mass is 9.99. The van der Waals surface area contributed by atoms with Crippen LogP contribution < -0.4 is 0 Å². The van der Waals surface area contributed by atoms with Crippen LogP contribution in [0.25, 0.3) is 0 Å². The van der Waals surface area contributed by atoms with Gasteiger partial charge in [0.1, 0.15) is 5.78 Å². The van der Waals surface area contributed by atoms with Crippen molar-refractivity contribution in [2.24, 2.45) is 0 Å². The number of rotatable bonds is 2. The molecule has 2 rings (SSSR count). The highest BCUT2D eigenvalue weighted by atomic mass is 32.2. The van der Waals surface area contributed by atoms with Gasteiger partial charge in [-0.3, -0.25) is 9.69 Å². The van der Waals surface area contributed by atoms with E-state index in [1.165, 1.54) is 19.3 Å². The number of likely N-dealkylation sites (tertiary alicyclic amines) is 1. The van der Waals surface area contributed by atoms with Crippen LogP contribution in [-0.2, 0) is 4.79 Å². The van der Waals surface area contributed by atoms with Gasteiger partial charge in [0.25, 0.3) is 0 Å². The summed E-state index contributed by atoms with van der Waals surface area (Å²) in [7, 11) is 0. The number of hydrogen-bond acceptors (Lipinski definition) is 3. The molecule has 2 nitrogen and oxygen atoms in total. The molecule has 3 atom stereocenters. The van der Waals surface area contributed by atoms with E-state index in [9.17, 15) is 4.79 Å². The van der Waals surface area contributed by atoms with Crippen molar-refractivity contribution in [1.29, 1.82) is 0 Å². The van der Waals surface area contributed by atoms with Crippen LogP contribution in [0.1, 0.15) is 39.0 Å². The Kier molecular flexibility index (Phi) is 3.73. The average molecular weight is 227 g/mol. The Labute approximate surface area is 96.8 Å². The fraction of sp³-hybridized carbons (Fsp3) is 0.917. The summed E-state index contributed by atoms with van der Waals surface area (Å²) in [6, 6.07) is 1.21. The molecule has 0 bridgehead atoms. The Morgan fingerprint density at radius 3 is 2.87 bits per heavy atom. The highest BCUT2D eigenvalue weighted by Gasteiger charge is 2.36. The molecule has 0 radical (unpaired) electrons. The van der Waals surface area contributed by atoms with E-state index in [1.54, 1.807) is 0 Å². The zero-order chi connectivity index (χ0) is 10.8. The molecular formula is C12H21NOS. The molecule has 3 unspecified atom stereocenters. The molecule has 2 fully saturated rings. The average Bonchev–Trinajstić information content (AvgIpc) is 2.65. The van der Waals surface area contributed by atoms with Gasteiger partial charge in [-0.1, -0.05) is 6.42 Å². The third-order valence-electron chi connectivity index (χ3n) is 3.88. The van der Waals surface area contributed by atoms with Gasteiger partial charge >= 0.3 is 0 Å². The van der Waals surface area contributed by atoms with E-state index in [4.69, 9.17) is 0 Å². The van der Waals surface area contributed by atoms with Gasteiger partial charge in [-0.05, 0) is 26.0 Å². The van der Waals surface area contributed by atoms with Gasteiger partial charge in [0, 0.05) is 36.7 Å². The summed E-state index contributed by atoms with van der Waals surface area (Å²) in [6.07, 6.45) is 7.85. The summed E-state index contributed by atoms with van der Waals surface area (Å²) in [4.78, 5) is 13.9. The summed E-state index contributed by atoms with van der Waals surface area (Å²) in [5.74, 6) is 0.456. The normalized spacial score (nSPS) is 38.5. The first-order valence-electron chi connectivity index (χ1n) is 6.02. The molecule has 86 valence electrons. The Morgan fingerprint density at radius 2 is 2.20 bits per heavy atom. The highest BCUT2D eigenvalue weighted by molar-refractivity contribution is 7.99. The van der Waals surface area contributed by atoms with Gasteiger partial charge in [0.15, 0.2) is 0 Å². The minimum Gasteiger partial charge on any atom is -0.300 e. The van der Waals surface area contributed by atoms with E-state index in [-0.39, 0.29) is 0 Å². The molecule has 1 aliphatic heterocycles. The van der Waals surface area contributed by atoms with Gasteiger partial charge < -0.3 is 0 Å². The maximum Gasteiger partial charge on any atom is 0.135 e. The SMILES string of the molecule is CSC1CCCC1N1CCC(=O)CC1C. The van der Waals surface area contributed by atoms with E-state index in [0.717, 1.165) is 30.7 Å². The zero-order valence-corrected chi connectivity index (χ0v) is 10.6. The minimum absolute atomic E-state index is 0.456. The highest BCUT2D eigenvalue weighted by Crippen LogP contribution is 2.34. The summed E-state index contributed by atoms with van der Waals surface area (Å²) >= 11 is 2.01. The Hall–Kier alpha value is -0.0200. The van der Waals surface area contributed by atoms with E-state index in [0.29, 0.717) is 11.8 Å². The molecule has 1 heterocycles. The van der Waals surface area contributed by atoms with Gasteiger partial charge in [-0.15, -0.1) is 0 Å². The monoisotopic (exact) mass is 227 g/mol. The summed E-state index contributed by atoms with van der Waals surface area (Å²) in [6.45, 7) is 3.22. The van der Waals surface area contributed by atoms with Gasteiger partial charge in [0.05, 0.1) is 0 Å². The molecule has 0 aromatic heterocycles. The smallest absolute Gasteiger partial charge is 0.135 e. The van der Waals surface area contributed by atoms with Crippen LogP contribution in [-0.4, -0.2) is 40.8 Å². The number of piperidine rings is 1. The van der Waals surface area contributed by atoms with Crippen LogP contribution in [0.4, 0.5) is 0 Å². The molecule has 1 saturated carbocycles. The fourth-order valence-corrected chi connectivity index (χ4v) is 4.09. The predicted octanol–water partition coefficient (Wildman–Crippen LogP) is 2.32. The van der Waals surface area contributed by atoms with Crippen molar-refractivity contribution in [2.75, 3.05) is 12.8 Å². The van der Waals surface area contributed by atoms with Crippen molar-refractivity contribution in [3.05, 3.63) is 0 Å². The molecule has 0 aromatic carbocycles. The fourth-order valence-electron chi connectivity index (χ4n) is 3.08. The number of ketones is 1. The van der Waals surface area contributed by atoms with Gasteiger partial charge in [0.2, 0.25) is 0 Å². The molecule has 0 spiro atoms. The van der Waals surface area contributed by atoms with Gasteiger partial charge in [-0.2, -0.15) is 11.8 Å². The molecule has 2 aliphatic rings. The van der Waals surface area contributed by atoms with Crippen LogP contribution in [0.15, 0.2) is 0 Å². The molecular weight excluding hydrogens is 206 g/mol. The first-order valence-corrected chi connectivity index (χ1v) is 7.31. The first kappa shape index (κ1) is 11.5. The van der Waals surface area contributed by atoms with Gasteiger partial charge in [-0.25, -0.2) is 0 Å². The van der Waals surface area contributed by atoms with Crippen molar-refractivity contribution < 1.29 is 4.79 Å². The number of nitrogens with zero attached hydrogens (tertiary/aromatic N) is 1. The van der Waals surface area contributed by atoms with Crippen LogP contribution in [0.2, 0.25) is 0 Å². The number of carbonyl (C=O) groups excluding carboxylic acids is 1. The Balaban J connectivity index is 2.00. The maximum atomic E-state index is 11.4. The van der Waals surface area contributed by atoms with Crippen LogP contribution >= 0.6 is 11.8 Å². The number of Topliss-reactive ketones (excluding diaryl/α,β-unsaturated/α-hetero) is 1. The largest absolute Gasteiger partial charge is 0.300 e. The third kappa shape index (κ3) is 2.39. The summed E-state index contributed by atoms with van der Waals surface area (Å²) in [5.41, 5.74) is 0. The number of carbonyl (C=O) groups is 1. The van der Waals surface area contributed by atoms with Crippen LogP contribution in [0.5, 0.6) is 0 Å². The zero-order valence-electron chi connectivity index (χ0n) is 9.74. The standard InChI is InChI=1S/C12H21NOS/c1-9-8-10(14)6-7-13(9)11-4-3-5-12(11)15-2/h9,11-12H,3-8H2,1-2H3. The first-order chi connectivity index (χ1) is 7.22. The molecule has 0 aromatic rings. The predicted molar refractivity (Wildman–Crippen MR) is 65.4 cm³/mol. The van der Waals surface area contributed by atoms with E-state index < -0.39 is 0 Å². The molecule has 0 N–H and O–H groups in total. The molecule has 15 heavy (non-hydrogen) atoms. The van der Waals surface area contributed by atoms with Crippen molar-refractivity contribution in [3.63, 3.8) is 0 Å². The Morgan fingerprint density at radius 1 is 1.40 bits per heavy atom. The second kappa shape index (κ2) is 4.88. The summed E-state index contributed by atoms with van der Waals surface area (Å²) < 4.78 is 0. The number of thioether (sulfide) groups is 1. The van der Waals surface area contributed by atoms with Crippen molar-refractivity contribution >= 4 is 17.5 Å². The van der Waals surface area contributed by atoms with Crippen molar-refractivity contribution in [1.82, 2.24) is 4.90 Å². The topological polar surface area (TPSA) is 20.3 Å². The third-order valence-corrected chi connectivity index (χ3v) is 5.04. The second-order valence-corrected chi connectivity index (χ2v) is 5.93. The lowest BCUT2D eigenvalue weighted by Crippen LogP contribution is -2.49. The van der Waals surface area contributed by atoms with Crippen LogP contribution in [0.3, 0.4) is 0 Å². The lowest BCUT2D eigenvalue weighted by Gasteiger charge is -2.39. The van der Waals surface area contributed by atoms with Crippen molar-refractivity contribution in [2.45, 2.75) is 56.4 Å². The second-order valence-electron chi connectivity index (χ2n) is 4.85. The van der Waals surface area contributed by atoms with E-state index in [2.05, 4.69) is 18.1 Å². The summed E-state index contributed by atoms with van der Waals surface area (Å²) in [5, 5.41) is 0.806. The lowest BCUT2D eigenvalue weighted by molar-refractivity contribution is -0.123. The molecule has 1 aliphatic carbocycles. The maximum absolute atomic E-state index is 11.4. The molecule has 1 saturated heterocycles. The van der Waals surface area contributed by atoms with E-state index >= 15 is 0 Å². The minimum atomic E-state index is 0.456. The quantitative estimate of drug-likeness (QED) is 0.722.